The van der Waals surface area contributed by atoms with Crippen LogP contribution in [0.4, 0.5) is 5.69 Å². The van der Waals surface area contributed by atoms with Crippen LogP contribution in [0, 0.1) is 0 Å². The number of amides is 2. The molecular weight excluding hydrogens is 380 g/mol. The van der Waals surface area contributed by atoms with Crippen LogP contribution < -0.4 is 10.1 Å². The zero-order valence-corrected chi connectivity index (χ0v) is 17.0. The van der Waals surface area contributed by atoms with Crippen LogP contribution in [-0.2, 0) is 11.2 Å². The highest BCUT2D eigenvalue weighted by Gasteiger charge is 2.13. The molecule has 2 amide bonds. The Balaban J connectivity index is 1.65. The van der Waals surface area contributed by atoms with E-state index in [2.05, 4.69) is 5.32 Å². The van der Waals surface area contributed by atoms with Crippen LogP contribution in [0.25, 0.3) is 0 Å². The molecule has 3 aromatic rings. The molecule has 3 rings (SSSR count). The Hall–Kier alpha value is -3.80. The summed E-state index contributed by atoms with van der Waals surface area (Å²) in [5, 5.41) is 12.9. The number of phenolic OH excluding ortho intramolecular Hbond substituents is 1. The molecule has 3 aromatic carbocycles. The van der Waals surface area contributed by atoms with Crippen molar-refractivity contribution in [2.45, 2.75) is 6.42 Å². The number of phenols is 1. The summed E-state index contributed by atoms with van der Waals surface area (Å²) in [6, 6.07) is 21.7. The van der Waals surface area contributed by atoms with Gasteiger partial charge < -0.3 is 20.1 Å². The van der Waals surface area contributed by atoms with Gasteiger partial charge in [-0.2, -0.15) is 0 Å². The van der Waals surface area contributed by atoms with Gasteiger partial charge in [0, 0.05) is 19.8 Å². The fraction of sp³-hybridized carbons (Fsp3) is 0.167. The zero-order chi connectivity index (χ0) is 21.5. The topological polar surface area (TPSA) is 78.9 Å². The first-order valence-corrected chi connectivity index (χ1v) is 9.52. The van der Waals surface area contributed by atoms with Gasteiger partial charge in [0.05, 0.1) is 5.56 Å². The number of nitrogens with zero attached hydrogens (tertiary/aromatic N) is 1. The fourth-order valence-corrected chi connectivity index (χ4v) is 2.81. The normalized spacial score (nSPS) is 10.3. The molecule has 6 nitrogen and oxygen atoms in total. The number of carbonyl (C=O) groups excluding carboxylic acids is 2. The average molecular weight is 404 g/mol. The van der Waals surface area contributed by atoms with Gasteiger partial charge in [0.2, 0.25) is 0 Å². The third-order valence-electron chi connectivity index (χ3n) is 4.53. The molecule has 154 valence electrons. The lowest BCUT2D eigenvalue weighted by molar-refractivity contribution is -0.130. The second kappa shape index (κ2) is 9.60. The molecule has 0 heterocycles. The first kappa shape index (κ1) is 20.9. The number of hydrogen-bond acceptors (Lipinski definition) is 4. The lowest BCUT2D eigenvalue weighted by Gasteiger charge is -2.12. The van der Waals surface area contributed by atoms with Crippen LogP contribution in [0.5, 0.6) is 11.5 Å². The number of nitrogens with one attached hydrogen (secondary N) is 1. The summed E-state index contributed by atoms with van der Waals surface area (Å²) in [5.41, 5.74) is 2.82. The van der Waals surface area contributed by atoms with Crippen molar-refractivity contribution in [3.05, 3.63) is 89.5 Å². The molecule has 0 aromatic heterocycles. The summed E-state index contributed by atoms with van der Waals surface area (Å²) in [7, 11) is 3.32. The minimum Gasteiger partial charge on any atom is -0.507 e. The van der Waals surface area contributed by atoms with Gasteiger partial charge in [-0.3, -0.25) is 9.59 Å². The Morgan fingerprint density at radius 1 is 0.933 bits per heavy atom. The summed E-state index contributed by atoms with van der Waals surface area (Å²) in [6.45, 7) is -0.0548. The number of ether oxygens (including phenoxy) is 1. The van der Waals surface area contributed by atoms with Crippen LogP contribution in [0.2, 0.25) is 0 Å². The quantitative estimate of drug-likeness (QED) is 0.629. The molecule has 0 radical (unpaired) electrons. The smallest absolute Gasteiger partial charge is 0.259 e. The summed E-state index contributed by atoms with van der Waals surface area (Å²) in [6.07, 6.45) is 0.666. The minimum absolute atomic E-state index is 0.0548. The highest BCUT2D eigenvalue weighted by Crippen LogP contribution is 2.23. The third kappa shape index (κ3) is 5.61. The predicted octanol–water partition coefficient (Wildman–Crippen LogP) is 3.70. The molecule has 0 aliphatic heterocycles. The number of hydrogen-bond donors (Lipinski definition) is 2. The van der Waals surface area contributed by atoms with Crippen molar-refractivity contribution in [2.75, 3.05) is 26.0 Å². The lowest BCUT2D eigenvalue weighted by Crippen LogP contribution is -2.27. The number of rotatable bonds is 7. The summed E-state index contributed by atoms with van der Waals surface area (Å²) in [5.74, 6) is -0.0977. The molecule has 0 bridgehead atoms. The molecule has 0 saturated heterocycles. The highest BCUT2D eigenvalue weighted by molar-refractivity contribution is 6.06. The van der Waals surface area contributed by atoms with E-state index in [1.54, 1.807) is 50.5 Å². The minimum atomic E-state index is -0.404. The van der Waals surface area contributed by atoms with E-state index in [0.29, 0.717) is 17.9 Å². The van der Waals surface area contributed by atoms with E-state index in [-0.39, 0.29) is 23.8 Å². The number of anilines is 1. The summed E-state index contributed by atoms with van der Waals surface area (Å²) in [4.78, 5) is 25.7. The van der Waals surface area contributed by atoms with Gasteiger partial charge in [-0.25, -0.2) is 0 Å². The largest absolute Gasteiger partial charge is 0.507 e. The van der Waals surface area contributed by atoms with Crippen LogP contribution in [-0.4, -0.2) is 42.5 Å². The molecule has 0 unspecified atom stereocenters. The molecule has 0 spiro atoms. The Morgan fingerprint density at radius 2 is 1.63 bits per heavy atom. The maximum Gasteiger partial charge on any atom is 0.259 e. The van der Waals surface area contributed by atoms with E-state index in [1.807, 2.05) is 30.3 Å². The maximum atomic E-state index is 12.7. The van der Waals surface area contributed by atoms with Gasteiger partial charge >= 0.3 is 0 Å². The monoisotopic (exact) mass is 404 g/mol. The van der Waals surface area contributed by atoms with Gasteiger partial charge in [0.15, 0.2) is 6.61 Å². The van der Waals surface area contributed by atoms with E-state index in [4.69, 9.17) is 4.74 Å². The van der Waals surface area contributed by atoms with Crippen LogP contribution in [0.15, 0.2) is 72.8 Å². The molecule has 0 atom stereocenters. The van der Waals surface area contributed by atoms with Gasteiger partial charge in [-0.15, -0.1) is 0 Å². The number of carbonyl (C=O) groups is 2. The molecule has 0 fully saturated rings. The van der Waals surface area contributed by atoms with Crippen LogP contribution >= 0.6 is 0 Å². The third-order valence-corrected chi connectivity index (χ3v) is 4.53. The number of aromatic hydroxyl groups is 1. The molecular formula is C24H24N2O4. The Labute approximate surface area is 175 Å². The molecule has 2 N–H and O–H groups in total. The van der Waals surface area contributed by atoms with E-state index in [9.17, 15) is 14.7 Å². The van der Waals surface area contributed by atoms with E-state index in [0.717, 1.165) is 11.1 Å². The van der Waals surface area contributed by atoms with Crippen molar-refractivity contribution >= 4 is 17.5 Å². The predicted molar refractivity (Wildman–Crippen MR) is 116 cm³/mol. The highest BCUT2D eigenvalue weighted by atomic mass is 16.5. The molecule has 6 heteroatoms. The van der Waals surface area contributed by atoms with Crippen molar-refractivity contribution < 1.29 is 19.4 Å². The van der Waals surface area contributed by atoms with Crippen molar-refractivity contribution in [3.63, 3.8) is 0 Å². The molecule has 0 aliphatic rings. The Bertz CT molecular complexity index is 1020. The van der Waals surface area contributed by atoms with E-state index in [1.165, 1.54) is 11.0 Å². The van der Waals surface area contributed by atoms with Gasteiger partial charge in [0.1, 0.15) is 11.5 Å². The average Bonchev–Trinajstić information content (AvgIpc) is 2.75. The molecule has 0 aliphatic carbocycles. The van der Waals surface area contributed by atoms with Gasteiger partial charge in [0.25, 0.3) is 11.8 Å². The number of likely N-dealkylation sites (N-methyl/N-ethyl adjacent to an activating group) is 1. The number of benzene rings is 3. The Morgan fingerprint density at radius 3 is 2.30 bits per heavy atom. The van der Waals surface area contributed by atoms with Crippen molar-refractivity contribution in [1.82, 2.24) is 4.90 Å². The van der Waals surface area contributed by atoms with Crippen molar-refractivity contribution in [1.29, 1.82) is 0 Å². The second-order valence-corrected chi connectivity index (χ2v) is 7.07. The standard InChI is InChI=1S/C24H24N2O4/c1-26(2)23(28)16-30-20-11-9-19(10-12-20)25-24(29)21-15-18(8-13-22(21)27)14-17-6-4-3-5-7-17/h3-13,15,27H,14,16H2,1-2H3,(H,25,29). The van der Waals surface area contributed by atoms with Crippen molar-refractivity contribution in [2.24, 2.45) is 0 Å². The first-order chi connectivity index (χ1) is 14.4. The lowest BCUT2D eigenvalue weighted by atomic mass is 10.0. The van der Waals surface area contributed by atoms with Gasteiger partial charge in [-0.05, 0) is 53.9 Å². The first-order valence-electron chi connectivity index (χ1n) is 9.52. The SMILES string of the molecule is CN(C)C(=O)COc1ccc(NC(=O)c2cc(Cc3ccccc3)ccc2O)cc1. The zero-order valence-electron chi connectivity index (χ0n) is 17.0. The van der Waals surface area contributed by atoms with Crippen LogP contribution in [0.1, 0.15) is 21.5 Å². The molecule has 30 heavy (non-hydrogen) atoms. The molecule has 0 saturated carbocycles. The van der Waals surface area contributed by atoms with E-state index < -0.39 is 5.91 Å². The second-order valence-electron chi connectivity index (χ2n) is 7.07. The maximum absolute atomic E-state index is 12.7. The Kier molecular flexibility index (Phi) is 6.70. The summed E-state index contributed by atoms with van der Waals surface area (Å²) >= 11 is 0. The van der Waals surface area contributed by atoms with Gasteiger partial charge in [-0.1, -0.05) is 36.4 Å². The fourth-order valence-electron chi connectivity index (χ4n) is 2.81. The van der Waals surface area contributed by atoms with Crippen molar-refractivity contribution in [3.8, 4) is 11.5 Å². The van der Waals surface area contributed by atoms with E-state index >= 15 is 0 Å². The summed E-state index contributed by atoms with van der Waals surface area (Å²) < 4.78 is 5.42. The van der Waals surface area contributed by atoms with Crippen LogP contribution in [0.3, 0.4) is 0 Å².